The van der Waals surface area contributed by atoms with Crippen LogP contribution in [0.1, 0.15) is 12.5 Å². The molecule has 0 saturated carbocycles. The van der Waals surface area contributed by atoms with Gasteiger partial charge in [0, 0.05) is 11.8 Å². The van der Waals surface area contributed by atoms with Gasteiger partial charge in [0.15, 0.2) is 5.11 Å². The molecule has 0 bridgehead atoms. The third kappa shape index (κ3) is 7.01. The molecule has 1 amide bonds. The van der Waals surface area contributed by atoms with Gasteiger partial charge >= 0.3 is 0 Å². The minimum atomic E-state index is -0.289. The summed E-state index contributed by atoms with van der Waals surface area (Å²) in [6, 6.07) is 16.9. The SMILES string of the molecule is C=C(C)COc1ccc(NC(=S)NC(=O)/C=C/c2ccccc2)cc1. The number of carbonyl (C=O) groups excluding carboxylic acids is 1. The van der Waals surface area contributed by atoms with E-state index in [0.29, 0.717) is 6.61 Å². The number of thiocarbonyl (C=S) groups is 1. The van der Waals surface area contributed by atoms with Gasteiger partial charge in [-0.15, -0.1) is 0 Å². The van der Waals surface area contributed by atoms with Crippen LogP contribution in [-0.4, -0.2) is 17.6 Å². The predicted molar refractivity (Wildman–Crippen MR) is 107 cm³/mol. The maximum atomic E-state index is 11.9. The van der Waals surface area contributed by atoms with Gasteiger partial charge in [-0.25, -0.2) is 0 Å². The van der Waals surface area contributed by atoms with Crippen molar-refractivity contribution < 1.29 is 9.53 Å². The van der Waals surface area contributed by atoms with Crippen LogP contribution in [0.2, 0.25) is 0 Å². The molecule has 2 N–H and O–H groups in total. The highest BCUT2D eigenvalue weighted by atomic mass is 32.1. The van der Waals surface area contributed by atoms with Gasteiger partial charge in [-0.3, -0.25) is 10.1 Å². The number of nitrogens with one attached hydrogen (secondary N) is 2. The van der Waals surface area contributed by atoms with Crippen molar-refractivity contribution >= 4 is 35.0 Å². The third-order valence-electron chi connectivity index (χ3n) is 3.06. The molecule has 0 spiro atoms. The van der Waals surface area contributed by atoms with Crippen LogP contribution in [-0.2, 0) is 4.79 Å². The van der Waals surface area contributed by atoms with Crippen LogP contribution in [0.15, 0.2) is 72.8 Å². The van der Waals surface area contributed by atoms with E-state index in [-0.39, 0.29) is 11.0 Å². The number of carbonyl (C=O) groups is 1. The van der Waals surface area contributed by atoms with Crippen molar-refractivity contribution in [1.82, 2.24) is 5.32 Å². The van der Waals surface area contributed by atoms with Crippen molar-refractivity contribution in [3.05, 3.63) is 78.4 Å². The highest BCUT2D eigenvalue weighted by Crippen LogP contribution is 2.16. The molecule has 2 aromatic carbocycles. The van der Waals surface area contributed by atoms with Gasteiger partial charge in [-0.05, 0) is 60.6 Å². The molecule has 0 unspecified atom stereocenters. The largest absolute Gasteiger partial charge is 0.489 e. The second-order valence-corrected chi connectivity index (χ2v) is 5.87. The van der Waals surface area contributed by atoms with Crippen molar-refractivity contribution in [3.63, 3.8) is 0 Å². The van der Waals surface area contributed by atoms with Crippen LogP contribution in [0.5, 0.6) is 5.75 Å². The standard InChI is InChI=1S/C20H20N2O2S/c1-15(2)14-24-18-11-9-17(10-12-18)21-20(25)22-19(23)13-8-16-6-4-3-5-7-16/h3-13H,1,14H2,2H3,(H2,21,22,23,25)/b13-8+. The van der Waals surface area contributed by atoms with E-state index in [1.165, 1.54) is 6.08 Å². The lowest BCUT2D eigenvalue weighted by molar-refractivity contribution is -0.115. The zero-order chi connectivity index (χ0) is 18.1. The summed E-state index contributed by atoms with van der Waals surface area (Å²) in [6.45, 7) is 6.18. The Hall–Kier alpha value is -2.92. The molecule has 128 valence electrons. The van der Waals surface area contributed by atoms with E-state index >= 15 is 0 Å². The van der Waals surface area contributed by atoms with Crippen molar-refractivity contribution in [1.29, 1.82) is 0 Å². The average molecular weight is 352 g/mol. The van der Waals surface area contributed by atoms with E-state index in [4.69, 9.17) is 17.0 Å². The summed E-state index contributed by atoms with van der Waals surface area (Å²) in [5.41, 5.74) is 2.66. The number of hydrogen-bond donors (Lipinski definition) is 2. The molecule has 0 aliphatic rings. The van der Waals surface area contributed by atoms with Gasteiger partial charge in [0.05, 0.1) is 0 Å². The first kappa shape index (κ1) is 18.4. The predicted octanol–water partition coefficient (Wildman–Crippen LogP) is 4.17. The van der Waals surface area contributed by atoms with E-state index in [1.54, 1.807) is 6.08 Å². The molecule has 0 radical (unpaired) electrons. The summed E-state index contributed by atoms with van der Waals surface area (Å²) < 4.78 is 5.53. The fraction of sp³-hybridized carbons (Fsp3) is 0.100. The van der Waals surface area contributed by atoms with E-state index in [1.807, 2.05) is 61.5 Å². The fourth-order valence-electron chi connectivity index (χ4n) is 1.89. The summed E-state index contributed by atoms with van der Waals surface area (Å²) in [5, 5.41) is 5.80. The molecule has 25 heavy (non-hydrogen) atoms. The van der Waals surface area contributed by atoms with Gasteiger partial charge in [0.25, 0.3) is 0 Å². The van der Waals surface area contributed by atoms with E-state index in [2.05, 4.69) is 17.2 Å². The van der Waals surface area contributed by atoms with Crippen LogP contribution in [0, 0.1) is 0 Å². The summed E-state index contributed by atoms with van der Waals surface area (Å²) >= 11 is 5.14. The zero-order valence-electron chi connectivity index (χ0n) is 14.0. The van der Waals surface area contributed by atoms with Crippen molar-refractivity contribution in [2.45, 2.75) is 6.92 Å². The van der Waals surface area contributed by atoms with Gasteiger partial charge < -0.3 is 10.1 Å². The average Bonchev–Trinajstić information content (AvgIpc) is 2.60. The van der Waals surface area contributed by atoms with Crippen molar-refractivity contribution in [2.24, 2.45) is 0 Å². The molecule has 0 aromatic heterocycles. The molecule has 4 nitrogen and oxygen atoms in total. The normalized spacial score (nSPS) is 10.3. The molecule has 0 saturated heterocycles. The lowest BCUT2D eigenvalue weighted by Gasteiger charge is -2.10. The Morgan fingerprint density at radius 2 is 1.84 bits per heavy atom. The zero-order valence-corrected chi connectivity index (χ0v) is 14.8. The third-order valence-corrected chi connectivity index (χ3v) is 3.27. The van der Waals surface area contributed by atoms with Crippen molar-refractivity contribution in [2.75, 3.05) is 11.9 Å². The number of hydrogen-bond acceptors (Lipinski definition) is 3. The maximum absolute atomic E-state index is 11.9. The molecule has 0 fully saturated rings. The Bertz CT molecular complexity index is 768. The molecular weight excluding hydrogens is 332 g/mol. The second kappa shape index (κ2) is 9.39. The number of benzene rings is 2. The summed E-state index contributed by atoms with van der Waals surface area (Å²) in [6.07, 6.45) is 3.17. The van der Waals surface area contributed by atoms with Crippen molar-refractivity contribution in [3.8, 4) is 5.75 Å². The first-order valence-corrected chi connectivity index (χ1v) is 8.16. The highest BCUT2D eigenvalue weighted by molar-refractivity contribution is 7.80. The first-order chi connectivity index (χ1) is 12.0. The minimum absolute atomic E-state index is 0.235. The monoisotopic (exact) mass is 352 g/mol. The van der Waals surface area contributed by atoms with Gasteiger partial charge in [-0.2, -0.15) is 0 Å². The molecule has 0 aliphatic carbocycles. The number of rotatable bonds is 6. The summed E-state index contributed by atoms with van der Waals surface area (Å²) in [7, 11) is 0. The molecule has 5 heteroatoms. The summed E-state index contributed by atoms with van der Waals surface area (Å²) in [5.74, 6) is 0.456. The molecular formula is C20H20N2O2S. The van der Waals surface area contributed by atoms with Crippen LogP contribution < -0.4 is 15.4 Å². The highest BCUT2D eigenvalue weighted by Gasteiger charge is 2.02. The lowest BCUT2D eigenvalue weighted by Crippen LogP contribution is -2.32. The Morgan fingerprint density at radius 1 is 1.16 bits per heavy atom. The molecule has 0 aliphatic heterocycles. The second-order valence-electron chi connectivity index (χ2n) is 5.46. The fourth-order valence-corrected chi connectivity index (χ4v) is 2.11. The van der Waals surface area contributed by atoms with Crippen LogP contribution in [0.4, 0.5) is 5.69 Å². The maximum Gasteiger partial charge on any atom is 0.250 e. The van der Waals surface area contributed by atoms with Crippen LogP contribution in [0.25, 0.3) is 6.08 Å². The van der Waals surface area contributed by atoms with Gasteiger partial charge in [0.1, 0.15) is 12.4 Å². The van der Waals surface area contributed by atoms with Gasteiger partial charge in [-0.1, -0.05) is 36.9 Å². The Balaban J connectivity index is 1.82. The number of anilines is 1. The number of amides is 1. The Morgan fingerprint density at radius 3 is 2.48 bits per heavy atom. The quantitative estimate of drug-likeness (QED) is 0.465. The molecule has 0 heterocycles. The smallest absolute Gasteiger partial charge is 0.250 e. The minimum Gasteiger partial charge on any atom is -0.489 e. The Kier molecular flexibility index (Phi) is 6.92. The Labute approximate surface area is 153 Å². The van der Waals surface area contributed by atoms with Crippen LogP contribution in [0.3, 0.4) is 0 Å². The number of ether oxygens (including phenoxy) is 1. The molecule has 2 aromatic rings. The first-order valence-electron chi connectivity index (χ1n) is 7.75. The van der Waals surface area contributed by atoms with E-state index < -0.39 is 0 Å². The molecule has 0 atom stereocenters. The molecule has 2 rings (SSSR count). The van der Waals surface area contributed by atoms with Crippen LogP contribution >= 0.6 is 12.2 Å². The van der Waals surface area contributed by atoms with E-state index in [9.17, 15) is 4.79 Å². The summed E-state index contributed by atoms with van der Waals surface area (Å²) in [4.78, 5) is 11.9. The van der Waals surface area contributed by atoms with E-state index in [0.717, 1.165) is 22.6 Å². The lowest BCUT2D eigenvalue weighted by atomic mass is 10.2. The van der Waals surface area contributed by atoms with Gasteiger partial charge in [0.2, 0.25) is 5.91 Å². The topological polar surface area (TPSA) is 50.4 Å².